The number of aryl methyl sites for hydroxylation is 2. The molecule has 0 bridgehead atoms. The first-order chi connectivity index (χ1) is 6.06. The molecular formula is C11H11FO. The lowest BCUT2D eigenvalue weighted by molar-refractivity contribution is 0.104. The molecule has 0 N–H and O–H groups in total. The van der Waals surface area contributed by atoms with E-state index in [-0.39, 0.29) is 11.6 Å². The molecule has 0 unspecified atom stereocenters. The van der Waals surface area contributed by atoms with Crippen LogP contribution in [0.1, 0.15) is 21.5 Å². The van der Waals surface area contributed by atoms with Crippen LogP contribution in [0.4, 0.5) is 4.39 Å². The first-order valence-electron chi connectivity index (χ1n) is 3.99. The lowest BCUT2D eigenvalue weighted by Crippen LogP contribution is -2.01. The minimum absolute atomic E-state index is 0.157. The molecule has 0 spiro atoms. The number of carbonyl (C=O) groups is 1. The van der Waals surface area contributed by atoms with Crippen LogP contribution in [0.2, 0.25) is 0 Å². The van der Waals surface area contributed by atoms with Gasteiger partial charge in [-0.2, -0.15) is 0 Å². The maximum atomic E-state index is 12.8. The van der Waals surface area contributed by atoms with E-state index in [0.29, 0.717) is 16.7 Å². The van der Waals surface area contributed by atoms with Crippen molar-refractivity contribution in [1.29, 1.82) is 0 Å². The second kappa shape index (κ2) is 3.52. The molecule has 0 aliphatic rings. The van der Waals surface area contributed by atoms with Crippen molar-refractivity contribution in [3.63, 3.8) is 0 Å². The number of halogens is 1. The zero-order chi connectivity index (χ0) is 10.0. The van der Waals surface area contributed by atoms with Crippen LogP contribution in [0, 0.1) is 19.7 Å². The molecule has 0 radical (unpaired) electrons. The maximum Gasteiger partial charge on any atom is 0.185 e. The van der Waals surface area contributed by atoms with Crippen LogP contribution in [-0.4, -0.2) is 5.78 Å². The van der Waals surface area contributed by atoms with Gasteiger partial charge >= 0.3 is 0 Å². The van der Waals surface area contributed by atoms with Gasteiger partial charge in [0.05, 0.1) is 0 Å². The molecule has 0 aliphatic carbocycles. The molecular weight excluding hydrogens is 167 g/mol. The summed E-state index contributed by atoms with van der Waals surface area (Å²) in [5.74, 6) is -0.467. The minimum Gasteiger partial charge on any atom is -0.289 e. The van der Waals surface area contributed by atoms with E-state index in [1.165, 1.54) is 18.2 Å². The van der Waals surface area contributed by atoms with Crippen molar-refractivity contribution in [2.24, 2.45) is 0 Å². The van der Waals surface area contributed by atoms with Gasteiger partial charge < -0.3 is 0 Å². The Bertz CT molecular complexity index is 343. The van der Waals surface area contributed by atoms with Crippen LogP contribution in [0.15, 0.2) is 24.8 Å². The lowest BCUT2D eigenvalue weighted by Gasteiger charge is -2.05. The summed E-state index contributed by atoms with van der Waals surface area (Å²) in [5, 5.41) is 0. The number of rotatable bonds is 2. The molecule has 0 atom stereocenters. The molecule has 1 rings (SSSR count). The van der Waals surface area contributed by atoms with Crippen LogP contribution >= 0.6 is 0 Å². The number of ketones is 1. The van der Waals surface area contributed by atoms with E-state index in [4.69, 9.17) is 0 Å². The summed E-state index contributed by atoms with van der Waals surface area (Å²) >= 11 is 0. The number of benzene rings is 1. The van der Waals surface area contributed by atoms with Gasteiger partial charge in [-0.25, -0.2) is 4.39 Å². The van der Waals surface area contributed by atoms with Crippen molar-refractivity contribution in [3.8, 4) is 0 Å². The molecule has 1 aromatic carbocycles. The number of hydrogen-bond acceptors (Lipinski definition) is 1. The molecule has 0 saturated heterocycles. The summed E-state index contributed by atoms with van der Waals surface area (Å²) in [6.45, 7) is 6.83. The molecule has 1 aromatic rings. The quantitative estimate of drug-likeness (QED) is 0.502. The predicted octanol–water partition coefficient (Wildman–Crippen LogP) is 2.81. The van der Waals surface area contributed by atoms with Crippen molar-refractivity contribution < 1.29 is 9.18 Å². The fraction of sp³-hybridized carbons (Fsp3) is 0.182. The largest absolute Gasteiger partial charge is 0.289 e. The predicted molar refractivity (Wildman–Crippen MR) is 50.4 cm³/mol. The number of carbonyl (C=O) groups excluding carboxylic acids is 1. The van der Waals surface area contributed by atoms with Crippen LogP contribution in [0.5, 0.6) is 0 Å². The molecule has 0 amide bonds. The van der Waals surface area contributed by atoms with Crippen LogP contribution < -0.4 is 0 Å². The van der Waals surface area contributed by atoms with Gasteiger partial charge in [-0.3, -0.25) is 4.79 Å². The molecule has 68 valence electrons. The summed E-state index contributed by atoms with van der Waals surface area (Å²) in [6, 6.07) is 2.70. The van der Waals surface area contributed by atoms with Crippen LogP contribution in [-0.2, 0) is 0 Å². The Kier molecular flexibility index (Phi) is 2.61. The Morgan fingerprint density at radius 3 is 2.23 bits per heavy atom. The van der Waals surface area contributed by atoms with Crippen molar-refractivity contribution in [2.45, 2.75) is 13.8 Å². The smallest absolute Gasteiger partial charge is 0.185 e. The fourth-order valence-corrected chi connectivity index (χ4v) is 1.40. The Labute approximate surface area is 76.9 Å². The van der Waals surface area contributed by atoms with E-state index in [0.717, 1.165) is 0 Å². The highest BCUT2D eigenvalue weighted by Gasteiger charge is 2.09. The first kappa shape index (κ1) is 9.65. The molecule has 0 heterocycles. The van der Waals surface area contributed by atoms with E-state index >= 15 is 0 Å². The van der Waals surface area contributed by atoms with E-state index in [9.17, 15) is 9.18 Å². The van der Waals surface area contributed by atoms with Crippen LogP contribution in [0.25, 0.3) is 0 Å². The van der Waals surface area contributed by atoms with Crippen LogP contribution in [0.3, 0.4) is 0 Å². The molecule has 2 heteroatoms. The molecule has 0 fully saturated rings. The van der Waals surface area contributed by atoms with Gasteiger partial charge in [-0.1, -0.05) is 6.58 Å². The SMILES string of the molecule is C=CC(=O)c1c(C)cc(F)cc1C. The average Bonchev–Trinajstić information content (AvgIpc) is 2.02. The van der Waals surface area contributed by atoms with Gasteiger partial charge in [-0.05, 0) is 43.2 Å². The molecule has 0 saturated carbocycles. The van der Waals surface area contributed by atoms with Gasteiger partial charge in [0, 0.05) is 5.56 Å². The van der Waals surface area contributed by atoms with Crippen molar-refractivity contribution in [1.82, 2.24) is 0 Å². The van der Waals surface area contributed by atoms with Gasteiger partial charge in [-0.15, -0.1) is 0 Å². The van der Waals surface area contributed by atoms with E-state index < -0.39 is 0 Å². The van der Waals surface area contributed by atoms with E-state index in [2.05, 4.69) is 6.58 Å². The summed E-state index contributed by atoms with van der Waals surface area (Å²) in [5.41, 5.74) is 1.86. The second-order valence-electron chi connectivity index (χ2n) is 2.98. The zero-order valence-electron chi connectivity index (χ0n) is 7.73. The van der Waals surface area contributed by atoms with Gasteiger partial charge in [0.15, 0.2) is 5.78 Å². The second-order valence-corrected chi connectivity index (χ2v) is 2.98. The maximum absolute atomic E-state index is 12.8. The summed E-state index contributed by atoms with van der Waals surface area (Å²) in [6.07, 6.45) is 1.24. The van der Waals surface area contributed by atoms with Crippen molar-refractivity contribution in [3.05, 3.63) is 47.3 Å². The Morgan fingerprint density at radius 1 is 1.38 bits per heavy atom. The summed E-state index contributed by atoms with van der Waals surface area (Å²) < 4.78 is 12.8. The fourth-order valence-electron chi connectivity index (χ4n) is 1.40. The molecule has 13 heavy (non-hydrogen) atoms. The molecule has 0 aromatic heterocycles. The third-order valence-corrected chi connectivity index (χ3v) is 1.93. The van der Waals surface area contributed by atoms with Gasteiger partial charge in [0.25, 0.3) is 0 Å². The Hall–Kier alpha value is -1.44. The number of allylic oxidation sites excluding steroid dienone is 1. The topological polar surface area (TPSA) is 17.1 Å². The Morgan fingerprint density at radius 2 is 1.85 bits per heavy atom. The number of hydrogen-bond donors (Lipinski definition) is 0. The monoisotopic (exact) mass is 178 g/mol. The molecule has 1 nitrogen and oxygen atoms in total. The lowest BCUT2D eigenvalue weighted by atomic mass is 9.99. The minimum atomic E-state index is -0.310. The third kappa shape index (κ3) is 1.83. The van der Waals surface area contributed by atoms with E-state index in [1.54, 1.807) is 13.8 Å². The highest BCUT2D eigenvalue weighted by molar-refractivity contribution is 6.06. The summed E-state index contributed by atoms with van der Waals surface area (Å²) in [4.78, 5) is 11.3. The highest BCUT2D eigenvalue weighted by atomic mass is 19.1. The van der Waals surface area contributed by atoms with Gasteiger partial charge in [0.1, 0.15) is 5.82 Å². The normalized spacial score (nSPS) is 9.77. The average molecular weight is 178 g/mol. The Balaban J connectivity index is 3.36. The zero-order valence-corrected chi connectivity index (χ0v) is 7.73. The summed E-state index contributed by atoms with van der Waals surface area (Å²) in [7, 11) is 0. The van der Waals surface area contributed by atoms with Crippen molar-refractivity contribution >= 4 is 5.78 Å². The highest BCUT2D eigenvalue weighted by Crippen LogP contribution is 2.16. The van der Waals surface area contributed by atoms with Gasteiger partial charge in [0.2, 0.25) is 0 Å². The standard InChI is InChI=1S/C11H11FO/c1-4-10(13)11-7(2)5-9(12)6-8(11)3/h4-6H,1H2,2-3H3. The van der Waals surface area contributed by atoms with E-state index in [1.807, 2.05) is 0 Å². The third-order valence-electron chi connectivity index (χ3n) is 1.93. The molecule has 0 aliphatic heterocycles. The van der Waals surface area contributed by atoms with Crippen molar-refractivity contribution in [2.75, 3.05) is 0 Å². The first-order valence-corrected chi connectivity index (χ1v) is 3.99.